The summed E-state index contributed by atoms with van der Waals surface area (Å²) < 4.78 is 7.61. The van der Waals surface area contributed by atoms with Gasteiger partial charge in [0, 0.05) is 23.3 Å². The summed E-state index contributed by atoms with van der Waals surface area (Å²) in [5, 5.41) is 8.00. The van der Waals surface area contributed by atoms with Crippen LogP contribution in [0.15, 0.2) is 42.6 Å². The van der Waals surface area contributed by atoms with Crippen LogP contribution in [0.2, 0.25) is 0 Å². The number of amides is 1. The molecule has 1 N–H and O–H groups in total. The van der Waals surface area contributed by atoms with Gasteiger partial charge in [0.05, 0.1) is 17.1 Å². The van der Waals surface area contributed by atoms with Gasteiger partial charge in [0.2, 0.25) is 6.10 Å². The highest BCUT2D eigenvalue weighted by molar-refractivity contribution is 6.03. The molecule has 0 spiro atoms. The van der Waals surface area contributed by atoms with Crippen molar-refractivity contribution >= 4 is 22.9 Å². The van der Waals surface area contributed by atoms with Crippen molar-refractivity contribution in [3.8, 4) is 0 Å². The quantitative estimate of drug-likeness (QED) is 0.576. The summed E-state index contributed by atoms with van der Waals surface area (Å²) >= 11 is 0. The normalized spacial score (nSPS) is 14.8. The third-order valence-corrected chi connectivity index (χ3v) is 5.38. The molecule has 0 aliphatic heterocycles. The van der Waals surface area contributed by atoms with Crippen molar-refractivity contribution in [2.45, 2.75) is 64.6 Å². The van der Waals surface area contributed by atoms with E-state index in [0.29, 0.717) is 22.2 Å². The second-order valence-electron chi connectivity index (χ2n) is 8.65. The number of aromatic nitrogens is 3. The van der Waals surface area contributed by atoms with E-state index in [1.807, 2.05) is 45.9 Å². The first-order valence-corrected chi connectivity index (χ1v) is 10.8. The fourth-order valence-corrected chi connectivity index (χ4v) is 3.46. The van der Waals surface area contributed by atoms with E-state index in [-0.39, 0.29) is 23.9 Å². The van der Waals surface area contributed by atoms with Gasteiger partial charge in [-0.05, 0) is 38.7 Å². The van der Waals surface area contributed by atoms with Gasteiger partial charge in [0.15, 0.2) is 5.65 Å². The largest absolute Gasteiger partial charge is 0.444 e. The van der Waals surface area contributed by atoms with Crippen LogP contribution in [0.1, 0.15) is 80.2 Å². The fraction of sp³-hybridized carbons (Fsp3) is 0.417. The van der Waals surface area contributed by atoms with E-state index in [4.69, 9.17) is 9.72 Å². The van der Waals surface area contributed by atoms with Gasteiger partial charge in [-0.25, -0.2) is 14.5 Å². The van der Waals surface area contributed by atoms with Crippen LogP contribution >= 0.6 is 0 Å². The van der Waals surface area contributed by atoms with Gasteiger partial charge in [-0.3, -0.25) is 4.79 Å². The molecule has 1 aromatic carbocycles. The van der Waals surface area contributed by atoms with Crippen molar-refractivity contribution in [1.82, 2.24) is 20.1 Å². The van der Waals surface area contributed by atoms with E-state index in [2.05, 4.69) is 10.4 Å². The Balaban J connectivity index is 1.72. The molecule has 7 heteroatoms. The fourth-order valence-electron chi connectivity index (χ4n) is 3.46. The molecule has 4 rings (SSSR count). The Hall–Kier alpha value is -3.22. The minimum atomic E-state index is -1.01. The lowest BCUT2D eigenvalue weighted by molar-refractivity contribution is -0.130. The molecule has 3 aromatic rings. The maximum Gasteiger partial charge on any atom is 0.340 e. The minimum Gasteiger partial charge on any atom is -0.444 e. The lowest BCUT2D eigenvalue weighted by Gasteiger charge is -2.19. The van der Waals surface area contributed by atoms with Crippen LogP contribution in [-0.4, -0.2) is 32.7 Å². The molecule has 0 unspecified atom stereocenters. The standard InChI is InChI=1S/C24H28N4O3/c1-14(2)20-12-18(19-13-25-28(15(3)4)22(19)27-20)24(30)31-21(16-8-6-5-7-9-16)23(29)26-17-10-11-17/h5-9,12-15,17,21H,10-11H2,1-4H3,(H,26,29)/t21-/m1/s1. The zero-order chi connectivity index (χ0) is 22.1. The van der Waals surface area contributed by atoms with E-state index in [1.165, 1.54) is 0 Å². The predicted molar refractivity (Wildman–Crippen MR) is 118 cm³/mol. The van der Waals surface area contributed by atoms with Crippen LogP contribution in [-0.2, 0) is 9.53 Å². The summed E-state index contributed by atoms with van der Waals surface area (Å²) in [4.78, 5) is 30.9. The van der Waals surface area contributed by atoms with E-state index in [9.17, 15) is 9.59 Å². The Bertz CT molecular complexity index is 1100. The van der Waals surface area contributed by atoms with E-state index in [1.54, 1.807) is 29.1 Å². The molecule has 0 radical (unpaired) electrons. The van der Waals surface area contributed by atoms with Gasteiger partial charge in [0.1, 0.15) is 0 Å². The molecule has 1 saturated carbocycles. The van der Waals surface area contributed by atoms with Crippen molar-refractivity contribution < 1.29 is 14.3 Å². The third-order valence-electron chi connectivity index (χ3n) is 5.38. The average molecular weight is 421 g/mol. The number of nitrogens with one attached hydrogen (secondary N) is 1. The van der Waals surface area contributed by atoms with Crippen molar-refractivity contribution in [2.24, 2.45) is 0 Å². The number of carbonyl (C=O) groups excluding carboxylic acids is 2. The number of fused-ring (bicyclic) bond motifs is 1. The summed E-state index contributed by atoms with van der Waals surface area (Å²) in [5.41, 5.74) is 2.44. The SMILES string of the molecule is CC(C)c1cc(C(=O)O[C@@H](C(=O)NC2CC2)c2ccccc2)c2cnn(C(C)C)c2n1. The lowest BCUT2D eigenvalue weighted by Crippen LogP contribution is -2.33. The Morgan fingerprint density at radius 1 is 1.13 bits per heavy atom. The van der Waals surface area contributed by atoms with Crippen LogP contribution in [0, 0.1) is 0 Å². The number of hydrogen-bond acceptors (Lipinski definition) is 5. The van der Waals surface area contributed by atoms with Gasteiger partial charge in [-0.15, -0.1) is 0 Å². The number of ether oxygens (including phenoxy) is 1. The number of hydrogen-bond donors (Lipinski definition) is 1. The molecule has 162 valence electrons. The molecule has 0 bridgehead atoms. The van der Waals surface area contributed by atoms with Crippen LogP contribution < -0.4 is 5.32 Å². The van der Waals surface area contributed by atoms with Gasteiger partial charge in [-0.2, -0.15) is 5.10 Å². The molecule has 1 fully saturated rings. The van der Waals surface area contributed by atoms with Crippen LogP contribution in [0.3, 0.4) is 0 Å². The van der Waals surface area contributed by atoms with Crippen molar-refractivity contribution in [2.75, 3.05) is 0 Å². The highest BCUT2D eigenvalue weighted by Gasteiger charge is 2.32. The summed E-state index contributed by atoms with van der Waals surface area (Å²) in [6.45, 7) is 8.08. The molecular formula is C24H28N4O3. The number of pyridine rings is 1. The first-order valence-electron chi connectivity index (χ1n) is 10.8. The minimum absolute atomic E-state index is 0.0951. The lowest BCUT2D eigenvalue weighted by atomic mass is 10.0. The van der Waals surface area contributed by atoms with Crippen LogP contribution in [0.25, 0.3) is 11.0 Å². The molecule has 1 atom stereocenters. The van der Waals surface area contributed by atoms with Crippen molar-refractivity contribution in [1.29, 1.82) is 0 Å². The van der Waals surface area contributed by atoms with Crippen molar-refractivity contribution in [3.63, 3.8) is 0 Å². The summed E-state index contributed by atoms with van der Waals surface area (Å²) in [6.07, 6.45) is 2.54. The summed E-state index contributed by atoms with van der Waals surface area (Å²) in [5.74, 6) is -0.735. The maximum absolute atomic E-state index is 13.3. The predicted octanol–water partition coefficient (Wildman–Crippen LogP) is 4.31. The molecule has 1 aliphatic rings. The van der Waals surface area contributed by atoms with Crippen molar-refractivity contribution in [3.05, 3.63) is 59.4 Å². The molecule has 1 aliphatic carbocycles. The van der Waals surface area contributed by atoms with Gasteiger partial charge in [0.25, 0.3) is 5.91 Å². The zero-order valence-electron chi connectivity index (χ0n) is 18.3. The number of nitrogens with zero attached hydrogens (tertiary/aromatic N) is 3. The maximum atomic E-state index is 13.3. The number of carbonyl (C=O) groups is 2. The average Bonchev–Trinajstić information content (AvgIpc) is 3.45. The van der Waals surface area contributed by atoms with Gasteiger partial charge < -0.3 is 10.1 Å². The molecule has 2 heterocycles. The van der Waals surface area contributed by atoms with E-state index >= 15 is 0 Å². The Morgan fingerprint density at radius 2 is 1.84 bits per heavy atom. The Labute approximate surface area is 181 Å². The second kappa shape index (κ2) is 8.49. The molecule has 0 saturated heterocycles. The molecule has 31 heavy (non-hydrogen) atoms. The van der Waals surface area contributed by atoms with Crippen LogP contribution in [0.4, 0.5) is 0 Å². The third kappa shape index (κ3) is 4.45. The van der Waals surface area contributed by atoms with E-state index < -0.39 is 12.1 Å². The number of benzene rings is 1. The highest BCUT2D eigenvalue weighted by Crippen LogP contribution is 2.28. The molecular weight excluding hydrogens is 392 g/mol. The summed E-state index contributed by atoms with van der Waals surface area (Å²) in [7, 11) is 0. The van der Waals surface area contributed by atoms with E-state index in [0.717, 1.165) is 18.5 Å². The molecule has 1 amide bonds. The number of rotatable bonds is 7. The monoisotopic (exact) mass is 420 g/mol. The second-order valence-corrected chi connectivity index (χ2v) is 8.65. The zero-order valence-corrected chi connectivity index (χ0v) is 18.3. The van der Waals surface area contributed by atoms with Gasteiger partial charge >= 0.3 is 5.97 Å². The van der Waals surface area contributed by atoms with Gasteiger partial charge in [-0.1, -0.05) is 44.2 Å². The van der Waals surface area contributed by atoms with Crippen LogP contribution in [0.5, 0.6) is 0 Å². The smallest absolute Gasteiger partial charge is 0.340 e. The Morgan fingerprint density at radius 3 is 2.45 bits per heavy atom. The topological polar surface area (TPSA) is 86.1 Å². The first-order chi connectivity index (χ1) is 14.8. The molecule has 2 aromatic heterocycles. The Kier molecular flexibility index (Phi) is 5.76. The molecule has 7 nitrogen and oxygen atoms in total. The first kappa shape index (κ1) is 21.0. The highest BCUT2D eigenvalue weighted by atomic mass is 16.5. The summed E-state index contributed by atoms with van der Waals surface area (Å²) in [6, 6.07) is 11.1. The number of esters is 1.